The number of para-hydroxylation sites is 1. The van der Waals surface area contributed by atoms with Crippen molar-refractivity contribution in [2.45, 2.75) is 0 Å². The van der Waals surface area contributed by atoms with Gasteiger partial charge in [-0.3, -0.25) is 0 Å². The molecular weight excluding hydrogens is 685 g/mol. The fourth-order valence-electron chi connectivity index (χ4n) is 8.71. The van der Waals surface area contributed by atoms with Gasteiger partial charge in [-0.15, -0.1) is 0 Å². The number of rotatable bonds is 4. The maximum absolute atomic E-state index is 6.34. The second kappa shape index (κ2) is 11.9. The van der Waals surface area contributed by atoms with Gasteiger partial charge in [-0.25, -0.2) is 15.0 Å². The average Bonchev–Trinajstić information content (AvgIpc) is 3.64. The van der Waals surface area contributed by atoms with Crippen molar-refractivity contribution in [1.29, 1.82) is 0 Å². The van der Waals surface area contributed by atoms with Gasteiger partial charge in [0.2, 0.25) is 0 Å². The Hall–Kier alpha value is -7.63. The first-order valence-electron chi connectivity index (χ1n) is 18.9. The van der Waals surface area contributed by atoms with Gasteiger partial charge < -0.3 is 9.32 Å². The molecule has 0 saturated carbocycles. The lowest BCUT2D eigenvalue weighted by molar-refractivity contribution is 0.669. The van der Waals surface area contributed by atoms with Crippen LogP contribution in [-0.4, -0.2) is 15.0 Å². The Kier molecular flexibility index (Phi) is 6.56. The summed E-state index contributed by atoms with van der Waals surface area (Å²) in [5, 5.41) is 9.14. The zero-order valence-electron chi connectivity index (χ0n) is 30.0. The molecule has 0 amide bonds. The van der Waals surface area contributed by atoms with Crippen LogP contribution < -0.4 is 4.90 Å². The molecule has 0 N–H and O–H groups in total. The van der Waals surface area contributed by atoms with E-state index >= 15 is 0 Å². The highest BCUT2D eigenvalue weighted by molar-refractivity contribution is 6.20. The van der Waals surface area contributed by atoms with Crippen LogP contribution in [0.5, 0.6) is 0 Å². The molecule has 0 saturated heterocycles. The van der Waals surface area contributed by atoms with Crippen molar-refractivity contribution >= 4 is 71.3 Å². The van der Waals surface area contributed by atoms with Crippen molar-refractivity contribution in [1.82, 2.24) is 15.0 Å². The molecule has 260 valence electrons. The van der Waals surface area contributed by atoms with Gasteiger partial charge in [0.1, 0.15) is 11.2 Å². The summed E-state index contributed by atoms with van der Waals surface area (Å²) in [7, 11) is 0. The van der Waals surface area contributed by atoms with E-state index in [-0.39, 0.29) is 0 Å². The molecule has 5 nitrogen and oxygen atoms in total. The summed E-state index contributed by atoms with van der Waals surface area (Å²) >= 11 is 0. The van der Waals surface area contributed by atoms with Gasteiger partial charge in [0.25, 0.3) is 0 Å². The first kappa shape index (κ1) is 30.8. The molecule has 12 rings (SSSR count). The van der Waals surface area contributed by atoms with Crippen molar-refractivity contribution < 1.29 is 4.42 Å². The van der Waals surface area contributed by atoms with Crippen LogP contribution in [0.2, 0.25) is 0 Å². The van der Waals surface area contributed by atoms with Crippen LogP contribution in [0, 0.1) is 0 Å². The van der Waals surface area contributed by atoms with Gasteiger partial charge in [-0.05, 0) is 68.9 Å². The molecule has 1 aliphatic rings. The number of furan rings is 1. The van der Waals surface area contributed by atoms with Crippen molar-refractivity contribution in [3.05, 3.63) is 182 Å². The van der Waals surface area contributed by atoms with Crippen LogP contribution in [-0.2, 0) is 0 Å². The third kappa shape index (κ3) is 4.58. The minimum absolute atomic E-state index is 0.576. The van der Waals surface area contributed by atoms with Crippen LogP contribution in [0.4, 0.5) is 17.1 Å². The second-order valence-electron chi connectivity index (χ2n) is 14.4. The molecule has 0 unspecified atom stereocenters. The Morgan fingerprint density at radius 1 is 0.357 bits per heavy atom. The fraction of sp³-hybridized carbons (Fsp3) is 0. The standard InChI is InChI=1S/C51H30N4O/c1-2-14-34(15-3-1)49-52-50(35-24-27-39-38-20-8-9-23-44(38)56-45(39)30-35)54-51(53-49)48-37-19-7-5-13-32(37)26-29-43(48)55-41-22-11-17-33-16-10-21-40(46(33)41)47-36-18-6-4-12-31(36)25-28-42(47)55/h1-30H. The van der Waals surface area contributed by atoms with Crippen LogP contribution in [0.3, 0.4) is 0 Å². The molecule has 3 heterocycles. The average molecular weight is 715 g/mol. The van der Waals surface area contributed by atoms with E-state index in [9.17, 15) is 0 Å². The minimum atomic E-state index is 0.576. The maximum atomic E-state index is 6.34. The van der Waals surface area contributed by atoms with E-state index in [0.717, 1.165) is 66.5 Å². The third-order valence-corrected chi connectivity index (χ3v) is 11.2. The summed E-state index contributed by atoms with van der Waals surface area (Å²) in [5.74, 6) is 1.78. The number of benzene rings is 9. The van der Waals surface area contributed by atoms with Gasteiger partial charge in [-0.1, -0.05) is 146 Å². The zero-order valence-corrected chi connectivity index (χ0v) is 30.0. The number of anilines is 3. The molecule has 0 radical (unpaired) electrons. The summed E-state index contributed by atoms with van der Waals surface area (Å²) in [6, 6.07) is 64.0. The molecule has 56 heavy (non-hydrogen) atoms. The van der Waals surface area contributed by atoms with Gasteiger partial charge in [-0.2, -0.15) is 0 Å². The summed E-state index contributed by atoms with van der Waals surface area (Å²) in [5.41, 5.74) is 10.0. The number of hydrogen-bond donors (Lipinski definition) is 0. The van der Waals surface area contributed by atoms with E-state index in [1.165, 1.54) is 32.7 Å². The topological polar surface area (TPSA) is 55.1 Å². The Bertz CT molecular complexity index is 3380. The second-order valence-corrected chi connectivity index (χ2v) is 14.4. The number of nitrogens with zero attached hydrogens (tertiary/aromatic N) is 4. The first-order valence-corrected chi connectivity index (χ1v) is 18.9. The highest BCUT2D eigenvalue weighted by Crippen LogP contribution is 2.55. The minimum Gasteiger partial charge on any atom is -0.456 e. The Balaban J connectivity index is 1.17. The Labute approximate surface area is 321 Å². The number of fused-ring (bicyclic) bond motifs is 8. The molecule has 9 aromatic carbocycles. The van der Waals surface area contributed by atoms with Crippen LogP contribution in [0.15, 0.2) is 186 Å². The summed E-state index contributed by atoms with van der Waals surface area (Å²) in [6.07, 6.45) is 0. The van der Waals surface area contributed by atoms with Crippen LogP contribution in [0.25, 0.3) is 99.5 Å². The Morgan fingerprint density at radius 3 is 1.73 bits per heavy atom. The molecule has 0 bridgehead atoms. The smallest absolute Gasteiger partial charge is 0.166 e. The van der Waals surface area contributed by atoms with E-state index in [1.54, 1.807) is 0 Å². The number of hydrogen-bond acceptors (Lipinski definition) is 5. The third-order valence-electron chi connectivity index (χ3n) is 11.2. The van der Waals surface area contributed by atoms with Gasteiger partial charge in [0, 0.05) is 32.8 Å². The van der Waals surface area contributed by atoms with E-state index < -0.39 is 0 Å². The molecule has 1 aliphatic heterocycles. The van der Waals surface area contributed by atoms with Crippen molar-refractivity contribution in [3.8, 4) is 45.3 Å². The SMILES string of the molecule is c1ccc(-c2nc(-c3ccc4c(c3)oc3ccccc34)nc(-c3c(N4c5ccc6ccccc6c5-c5cccc6cccc4c56)ccc4ccccc34)n2)cc1. The summed E-state index contributed by atoms with van der Waals surface area (Å²) < 4.78 is 6.34. The predicted octanol–water partition coefficient (Wildman–Crippen LogP) is 13.7. The van der Waals surface area contributed by atoms with E-state index in [0.29, 0.717) is 17.5 Å². The highest BCUT2D eigenvalue weighted by atomic mass is 16.3. The lowest BCUT2D eigenvalue weighted by atomic mass is 9.87. The molecule has 0 atom stereocenters. The zero-order chi connectivity index (χ0) is 36.7. The molecular formula is C51H30N4O. The largest absolute Gasteiger partial charge is 0.456 e. The van der Waals surface area contributed by atoms with E-state index in [1.807, 2.05) is 36.4 Å². The molecule has 0 aliphatic carbocycles. The van der Waals surface area contributed by atoms with E-state index in [2.05, 4.69) is 150 Å². The Morgan fingerprint density at radius 2 is 0.946 bits per heavy atom. The van der Waals surface area contributed by atoms with Crippen LogP contribution in [0.1, 0.15) is 0 Å². The highest BCUT2D eigenvalue weighted by Gasteiger charge is 2.30. The van der Waals surface area contributed by atoms with Crippen LogP contribution >= 0.6 is 0 Å². The number of aromatic nitrogens is 3. The van der Waals surface area contributed by atoms with Gasteiger partial charge in [0.15, 0.2) is 17.5 Å². The van der Waals surface area contributed by atoms with Crippen molar-refractivity contribution in [2.24, 2.45) is 0 Å². The van der Waals surface area contributed by atoms with E-state index in [4.69, 9.17) is 19.4 Å². The molecule has 0 fully saturated rings. The maximum Gasteiger partial charge on any atom is 0.166 e. The lowest BCUT2D eigenvalue weighted by Gasteiger charge is -2.35. The fourth-order valence-corrected chi connectivity index (χ4v) is 8.71. The van der Waals surface area contributed by atoms with Gasteiger partial charge >= 0.3 is 0 Å². The van der Waals surface area contributed by atoms with Crippen molar-refractivity contribution in [3.63, 3.8) is 0 Å². The van der Waals surface area contributed by atoms with Gasteiger partial charge in [0.05, 0.1) is 22.6 Å². The summed E-state index contributed by atoms with van der Waals surface area (Å²) in [4.78, 5) is 18.3. The normalized spacial score (nSPS) is 12.2. The molecule has 5 heteroatoms. The monoisotopic (exact) mass is 714 g/mol. The summed E-state index contributed by atoms with van der Waals surface area (Å²) in [6.45, 7) is 0. The molecule has 11 aromatic rings. The predicted molar refractivity (Wildman–Crippen MR) is 230 cm³/mol. The first-order chi connectivity index (χ1) is 27.8. The van der Waals surface area contributed by atoms with Crippen molar-refractivity contribution in [2.75, 3.05) is 4.90 Å². The molecule has 0 spiro atoms. The lowest BCUT2D eigenvalue weighted by Crippen LogP contribution is -2.17. The quantitative estimate of drug-likeness (QED) is 0.182. The molecule has 2 aromatic heterocycles.